The molecule has 0 fully saturated rings. The number of halogens is 1. The van der Waals surface area contributed by atoms with Crippen LogP contribution in [0.25, 0.3) is 11.0 Å². The SMILES string of the molecule is CCc1ccc(C2c3c(oc4cc(C)c(C)cc4c3=O)C(=O)N2c2cccc(Cl)c2)cc1. The van der Waals surface area contributed by atoms with Gasteiger partial charge in [0, 0.05) is 10.7 Å². The molecule has 1 amide bonds. The molecule has 0 saturated heterocycles. The minimum atomic E-state index is -0.593. The molecule has 4 nitrogen and oxygen atoms in total. The first kappa shape index (κ1) is 20.5. The maximum absolute atomic E-state index is 13.7. The van der Waals surface area contributed by atoms with Crippen LogP contribution < -0.4 is 10.3 Å². The fourth-order valence-corrected chi connectivity index (χ4v) is 4.56. The van der Waals surface area contributed by atoms with Crippen LogP contribution in [0.15, 0.2) is 69.9 Å². The van der Waals surface area contributed by atoms with Crippen molar-refractivity contribution in [1.29, 1.82) is 0 Å². The van der Waals surface area contributed by atoms with Crippen LogP contribution in [-0.2, 0) is 6.42 Å². The van der Waals surface area contributed by atoms with E-state index in [4.69, 9.17) is 16.0 Å². The summed E-state index contributed by atoms with van der Waals surface area (Å²) < 4.78 is 6.09. The summed E-state index contributed by atoms with van der Waals surface area (Å²) in [5, 5.41) is 1.00. The Labute approximate surface area is 191 Å². The van der Waals surface area contributed by atoms with E-state index in [1.807, 2.05) is 56.3 Å². The van der Waals surface area contributed by atoms with E-state index in [9.17, 15) is 9.59 Å². The van der Waals surface area contributed by atoms with E-state index in [2.05, 4.69) is 6.92 Å². The maximum atomic E-state index is 13.7. The highest BCUT2D eigenvalue weighted by Crippen LogP contribution is 2.42. The highest BCUT2D eigenvalue weighted by Gasteiger charge is 2.43. The molecule has 5 heteroatoms. The second kappa shape index (κ2) is 7.64. The van der Waals surface area contributed by atoms with Crippen LogP contribution in [-0.4, -0.2) is 5.91 Å². The molecule has 0 bridgehead atoms. The molecule has 1 aliphatic rings. The van der Waals surface area contributed by atoms with Gasteiger partial charge in [-0.1, -0.05) is 48.9 Å². The fraction of sp³-hybridized carbons (Fsp3) is 0.185. The van der Waals surface area contributed by atoms with Crippen molar-refractivity contribution in [3.05, 3.63) is 109 Å². The van der Waals surface area contributed by atoms with Crippen molar-refractivity contribution in [3.63, 3.8) is 0 Å². The molecule has 160 valence electrons. The number of rotatable bonds is 3. The highest BCUT2D eigenvalue weighted by atomic mass is 35.5. The Morgan fingerprint density at radius 2 is 1.69 bits per heavy atom. The van der Waals surface area contributed by atoms with Gasteiger partial charge in [0.1, 0.15) is 5.58 Å². The fourth-order valence-electron chi connectivity index (χ4n) is 4.37. The highest BCUT2D eigenvalue weighted by molar-refractivity contribution is 6.31. The molecule has 5 rings (SSSR count). The number of carbonyl (C=O) groups is 1. The van der Waals surface area contributed by atoms with Crippen LogP contribution in [0, 0.1) is 13.8 Å². The molecular weight excluding hydrogens is 422 g/mol. The largest absolute Gasteiger partial charge is 0.450 e. The third-order valence-electron chi connectivity index (χ3n) is 6.28. The van der Waals surface area contributed by atoms with E-state index in [1.165, 1.54) is 5.56 Å². The minimum Gasteiger partial charge on any atom is -0.450 e. The Morgan fingerprint density at radius 3 is 2.38 bits per heavy atom. The molecule has 1 unspecified atom stereocenters. The molecule has 1 aliphatic heterocycles. The number of amides is 1. The molecular formula is C27H22ClNO3. The minimum absolute atomic E-state index is 0.0929. The Morgan fingerprint density at radius 1 is 0.969 bits per heavy atom. The average Bonchev–Trinajstić information content (AvgIpc) is 3.08. The van der Waals surface area contributed by atoms with Gasteiger partial charge in [0.15, 0.2) is 5.43 Å². The second-order valence-electron chi connectivity index (χ2n) is 8.26. The maximum Gasteiger partial charge on any atom is 0.295 e. The lowest BCUT2D eigenvalue weighted by Crippen LogP contribution is -2.29. The van der Waals surface area contributed by atoms with Crippen molar-refractivity contribution >= 4 is 34.2 Å². The molecule has 3 aromatic carbocycles. The van der Waals surface area contributed by atoms with Crippen molar-refractivity contribution in [2.75, 3.05) is 4.90 Å². The quantitative estimate of drug-likeness (QED) is 0.369. The van der Waals surface area contributed by atoms with Gasteiger partial charge in [-0.2, -0.15) is 0 Å². The van der Waals surface area contributed by atoms with Gasteiger partial charge in [-0.25, -0.2) is 0 Å². The molecule has 0 N–H and O–H groups in total. The van der Waals surface area contributed by atoms with Crippen LogP contribution in [0.1, 0.15) is 51.3 Å². The summed E-state index contributed by atoms with van der Waals surface area (Å²) in [5.41, 5.74) is 5.29. The van der Waals surface area contributed by atoms with E-state index < -0.39 is 6.04 Å². The molecule has 0 aliphatic carbocycles. The zero-order valence-electron chi connectivity index (χ0n) is 18.1. The first-order chi connectivity index (χ1) is 15.4. The molecule has 2 heterocycles. The van der Waals surface area contributed by atoms with Gasteiger partial charge in [-0.05, 0) is 72.9 Å². The summed E-state index contributed by atoms with van der Waals surface area (Å²) in [6.45, 7) is 6.01. The predicted molar refractivity (Wildman–Crippen MR) is 128 cm³/mol. The van der Waals surface area contributed by atoms with E-state index in [-0.39, 0.29) is 17.1 Å². The van der Waals surface area contributed by atoms with Gasteiger partial charge in [0.05, 0.1) is 17.0 Å². The molecule has 0 radical (unpaired) electrons. The summed E-state index contributed by atoms with van der Waals surface area (Å²) in [6.07, 6.45) is 0.907. The van der Waals surface area contributed by atoms with Crippen LogP contribution in [0.4, 0.5) is 5.69 Å². The van der Waals surface area contributed by atoms with E-state index in [0.717, 1.165) is 23.1 Å². The third kappa shape index (κ3) is 3.14. The van der Waals surface area contributed by atoms with Crippen molar-refractivity contribution in [3.8, 4) is 0 Å². The lowest BCUT2D eigenvalue weighted by molar-refractivity contribution is 0.0971. The van der Waals surface area contributed by atoms with Gasteiger partial charge >= 0.3 is 0 Å². The lowest BCUT2D eigenvalue weighted by atomic mass is 9.96. The standard InChI is InChI=1S/C27H22ClNO3/c1-4-17-8-10-18(11-9-17)24-23-25(30)21-12-15(2)16(3)13-22(21)32-26(23)27(31)29(24)20-7-5-6-19(28)14-20/h5-14,24H,4H2,1-3H3. The number of fused-ring (bicyclic) bond motifs is 2. The van der Waals surface area contributed by atoms with E-state index in [0.29, 0.717) is 27.2 Å². The van der Waals surface area contributed by atoms with Crippen LogP contribution >= 0.6 is 11.6 Å². The van der Waals surface area contributed by atoms with Crippen molar-refractivity contribution in [2.24, 2.45) is 0 Å². The Kier molecular flexibility index (Phi) is 4.90. The van der Waals surface area contributed by atoms with Gasteiger partial charge in [0.25, 0.3) is 5.91 Å². The summed E-state index contributed by atoms with van der Waals surface area (Å²) >= 11 is 6.24. The summed E-state index contributed by atoms with van der Waals surface area (Å²) in [4.78, 5) is 28.9. The molecule has 4 aromatic rings. The predicted octanol–water partition coefficient (Wildman–Crippen LogP) is 6.38. The summed E-state index contributed by atoms with van der Waals surface area (Å²) in [6, 6.07) is 18.2. The summed E-state index contributed by atoms with van der Waals surface area (Å²) in [5.74, 6) is -0.251. The zero-order valence-corrected chi connectivity index (χ0v) is 18.9. The number of hydrogen-bond donors (Lipinski definition) is 0. The average molecular weight is 444 g/mol. The molecule has 32 heavy (non-hydrogen) atoms. The number of hydrogen-bond acceptors (Lipinski definition) is 3. The topological polar surface area (TPSA) is 50.5 Å². The number of nitrogens with zero attached hydrogens (tertiary/aromatic N) is 1. The second-order valence-corrected chi connectivity index (χ2v) is 8.70. The first-order valence-electron chi connectivity index (χ1n) is 10.6. The third-order valence-corrected chi connectivity index (χ3v) is 6.51. The van der Waals surface area contributed by atoms with Gasteiger partial charge in [0.2, 0.25) is 5.76 Å². The summed E-state index contributed by atoms with van der Waals surface area (Å²) in [7, 11) is 0. The molecule has 0 saturated carbocycles. The Balaban J connectivity index is 1.81. The molecule has 1 aromatic heterocycles. The van der Waals surface area contributed by atoms with Crippen molar-refractivity contribution in [1.82, 2.24) is 0 Å². The number of carbonyl (C=O) groups excluding carboxylic acids is 1. The number of anilines is 1. The van der Waals surface area contributed by atoms with Gasteiger partial charge in [-0.3, -0.25) is 14.5 Å². The van der Waals surface area contributed by atoms with E-state index in [1.54, 1.807) is 23.1 Å². The first-order valence-corrected chi connectivity index (χ1v) is 11.0. The zero-order chi connectivity index (χ0) is 22.6. The Hall–Kier alpha value is -3.37. The Bertz CT molecular complexity index is 1440. The van der Waals surface area contributed by atoms with Gasteiger partial charge in [-0.15, -0.1) is 0 Å². The molecule has 1 atom stereocenters. The monoisotopic (exact) mass is 443 g/mol. The van der Waals surface area contributed by atoms with E-state index >= 15 is 0 Å². The van der Waals surface area contributed by atoms with Gasteiger partial charge < -0.3 is 4.42 Å². The van der Waals surface area contributed by atoms with Crippen LogP contribution in [0.2, 0.25) is 5.02 Å². The van der Waals surface area contributed by atoms with Crippen LogP contribution in [0.5, 0.6) is 0 Å². The van der Waals surface area contributed by atoms with Crippen LogP contribution in [0.3, 0.4) is 0 Å². The smallest absolute Gasteiger partial charge is 0.295 e. The van der Waals surface area contributed by atoms with Crippen molar-refractivity contribution < 1.29 is 9.21 Å². The number of aryl methyl sites for hydroxylation is 3. The molecule has 0 spiro atoms. The van der Waals surface area contributed by atoms with Crippen molar-refractivity contribution in [2.45, 2.75) is 33.2 Å². The normalized spacial score (nSPS) is 15.4. The lowest BCUT2D eigenvalue weighted by Gasteiger charge is -2.25. The number of benzene rings is 3.